The molecule has 1 saturated heterocycles. The van der Waals surface area contributed by atoms with Crippen molar-refractivity contribution in [2.24, 2.45) is 0 Å². The molecule has 1 N–H and O–H groups in total. The number of aromatic nitrogens is 3. The second kappa shape index (κ2) is 8.53. The molecule has 0 spiro atoms. The highest BCUT2D eigenvalue weighted by atomic mass is 32.2. The summed E-state index contributed by atoms with van der Waals surface area (Å²) in [5, 5.41) is 11.5. The molecule has 8 nitrogen and oxygen atoms in total. The third kappa shape index (κ3) is 4.30. The smallest absolute Gasteiger partial charge is 0.324 e. The second-order valence-corrected chi connectivity index (χ2v) is 7.61. The lowest BCUT2D eigenvalue weighted by Crippen LogP contribution is -2.39. The molecule has 1 aromatic carbocycles. The van der Waals surface area contributed by atoms with Gasteiger partial charge in [0.25, 0.3) is 0 Å². The summed E-state index contributed by atoms with van der Waals surface area (Å²) >= 11 is 1.30. The van der Waals surface area contributed by atoms with Crippen molar-refractivity contribution in [3.63, 3.8) is 0 Å². The Morgan fingerprint density at radius 3 is 2.89 bits per heavy atom. The summed E-state index contributed by atoms with van der Waals surface area (Å²) in [5.41, 5.74) is 2.09. The van der Waals surface area contributed by atoms with Gasteiger partial charge in [-0.05, 0) is 19.9 Å². The molecule has 1 aromatic heterocycles. The molecule has 0 saturated carbocycles. The molecule has 2 aromatic rings. The topological polar surface area (TPSA) is 89.4 Å². The number of rotatable bonds is 7. The lowest BCUT2D eigenvalue weighted by molar-refractivity contribution is -0.126. The maximum atomic E-state index is 12.6. The molecule has 1 atom stereocenters. The number of hydrogen-bond acceptors (Lipinski definition) is 6. The molecule has 0 unspecified atom stereocenters. The van der Waals surface area contributed by atoms with Gasteiger partial charge in [-0.1, -0.05) is 35.5 Å². The van der Waals surface area contributed by atoms with Crippen molar-refractivity contribution >= 4 is 23.7 Å². The van der Waals surface area contributed by atoms with Crippen LogP contribution in [0, 0.1) is 6.92 Å². The zero-order valence-electron chi connectivity index (χ0n) is 15.6. The molecule has 1 fully saturated rings. The molecule has 9 heteroatoms. The first-order valence-electron chi connectivity index (χ1n) is 8.76. The normalized spacial score (nSPS) is 15.1. The number of methoxy groups -OCH3 is 1. The Morgan fingerprint density at radius 1 is 1.41 bits per heavy atom. The van der Waals surface area contributed by atoms with Gasteiger partial charge in [0, 0.05) is 25.8 Å². The molecule has 27 heavy (non-hydrogen) atoms. The number of nitrogens with zero attached hydrogens (tertiary/aromatic N) is 4. The molecule has 1 aliphatic heterocycles. The van der Waals surface area contributed by atoms with Crippen molar-refractivity contribution in [3.05, 3.63) is 29.8 Å². The standard InChI is InChI=1S/C18H23N5O3S/c1-12-5-4-6-14(11-12)15-20-21-18(22(15)9-10-26-3)27-13(2)16(24)23-8-7-19-17(23)25/h4-6,11,13H,7-10H2,1-3H3,(H,19,25)/t13-/m1/s1. The van der Waals surface area contributed by atoms with Crippen LogP contribution in [-0.4, -0.2) is 63.7 Å². The Labute approximate surface area is 162 Å². The zero-order valence-corrected chi connectivity index (χ0v) is 16.5. The largest absolute Gasteiger partial charge is 0.383 e. The van der Waals surface area contributed by atoms with Gasteiger partial charge in [0.05, 0.1) is 18.4 Å². The van der Waals surface area contributed by atoms with Crippen molar-refractivity contribution in [2.75, 3.05) is 26.8 Å². The van der Waals surface area contributed by atoms with Crippen molar-refractivity contribution in [1.29, 1.82) is 0 Å². The van der Waals surface area contributed by atoms with Gasteiger partial charge in [0.1, 0.15) is 0 Å². The van der Waals surface area contributed by atoms with Crippen LogP contribution in [0.1, 0.15) is 12.5 Å². The molecular weight excluding hydrogens is 366 g/mol. The fourth-order valence-electron chi connectivity index (χ4n) is 2.87. The van der Waals surface area contributed by atoms with Crippen LogP contribution in [0.15, 0.2) is 29.4 Å². The summed E-state index contributed by atoms with van der Waals surface area (Å²) in [6.07, 6.45) is 0. The minimum absolute atomic E-state index is 0.228. The minimum atomic E-state index is -0.454. The van der Waals surface area contributed by atoms with E-state index in [9.17, 15) is 9.59 Å². The van der Waals surface area contributed by atoms with Crippen molar-refractivity contribution < 1.29 is 14.3 Å². The summed E-state index contributed by atoms with van der Waals surface area (Å²) in [5.74, 6) is 0.505. The lowest BCUT2D eigenvalue weighted by Gasteiger charge is -2.17. The summed E-state index contributed by atoms with van der Waals surface area (Å²) in [6.45, 7) is 5.76. The molecule has 1 aliphatic rings. The van der Waals surface area contributed by atoms with E-state index < -0.39 is 5.25 Å². The second-order valence-electron chi connectivity index (χ2n) is 6.30. The summed E-state index contributed by atoms with van der Waals surface area (Å²) in [6, 6.07) is 7.69. The molecule has 144 valence electrons. The molecule has 3 rings (SSSR count). The van der Waals surface area contributed by atoms with Crippen LogP contribution >= 0.6 is 11.8 Å². The maximum Gasteiger partial charge on any atom is 0.324 e. The monoisotopic (exact) mass is 389 g/mol. The number of ether oxygens (including phenoxy) is 1. The highest BCUT2D eigenvalue weighted by Gasteiger charge is 2.31. The summed E-state index contributed by atoms with van der Waals surface area (Å²) in [7, 11) is 1.64. The molecule has 3 amide bonds. The molecule has 2 heterocycles. The maximum absolute atomic E-state index is 12.6. The third-order valence-electron chi connectivity index (χ3n) is 4.26. The van der Waals surface area contributed by atoms with Crippen LogP contribution < -0.4 is 5.32 Å². The quantitative estimate of drug-likeness (QED) is 0.728. The van der Waals surface area contributed by atoms with Crippen LogP contribution in [-0.2, 0) is 16.1 Å². The molecular formula is C18H23N5O3S. The molecule has 0 radical (unpaired) electrons. The van der Waals surface area contributed by atoms with E-state index in [1.807, 2.05) is 35.8 Å². The summed E-state index contributed by atoms with van der Waals surface area (Å²) in [4.78, 5) is 25.6. The average molecular weight is 389 g/mol. The van der Waals surface area contributed by atoms with Crippen LogP contribution in [0.4, 0.5) is 4.79 Å². The third-order valence-corrected chi connectivity index (χ3v) is 5.33. The van der Waals surface area contributed by atoms with E-state index in [-0.39, 0.29) is 11.9 Å². The average Bonchev–Trinajstić information content (AvgIpc) is 3.25. The number of nitrogens with one attached hydrogen (secondary N) is 1. The molecule has 0 bridgehead atoms. The van der Waals surface area contributed by atoms with Crippen molar-refractivity contribution in [3.8, 4) is 11.4 Å². The van der Waals surface area contributed by atoms with E-state index in [0.29, 0.717) is 31.4 Å². The molecule has 0 aliphatic carbocycles. The van der Waals surface area contributed by atoms with E-state index in [1.165, 1.54) is 16.7 Å². The summed E-state index contributed by atoms with van der Waals surface area (Å²) < 4.78 is 7.17. The van der Waals surface area contributed by atoms with Crippen molar-refractivity contribution in [2.45, 2.75) is 30.8 Å². The first-order valence-corrected chi connectivity index (χ1v) is 9.64. The highest BCUT2D eigenvalue weighted by Crippen LogP contribution is 2.28. The van der Waals surface area contributed by atoms with Gasteiger partial charge in [0.15, 0.2) is 11.0 Å². The Balaban J connectivity index is 1.84. The minimum Gasteiger partial charge on any atom is -0.383 e. The number of aryl methyl sites for hydroxylation is 1. The van der Waals surface area contributed by atoms with Gasteiger partial charge in [-0.2, -0.15) is 0 Å². The van der Waals surface area contributed by atoms with Gasteiger partial charge in [-0.3, -0.25) is 14.3 Å². The number of carbonyl (C=O) groups excluding carboxylic acids is 2. The Bertz CT molecular complexity index is 838. The van der Waals surface area contributed by atoms with E-state index in [1.54, 1.807) is 14.0 Å². The Kier molecular flexibility index (Phi) is 6.12. The van der Waals surface area contributed by atoms with E-state index in [4.69, 9.17) is 4.74 Å². The highest BCUT2D eigenvalue weighted by molar-refractivity contribution is 8.00. The number of thioether (sulfide) groups is 1. The lowest BCUT2D eigenvalue weighted by atomic mass is 10.1. The van der Waals surface area contributed by atoms with Gasteiger partial charge in [0.2, 0.25) is 5.91 Å². The fraction of sp³-hybridized carbons (Fsp3) is 0.444. The number of carbonyl (C=O) groups is 2. The number of urea groups is 1. The number of amides is 3. The van der Waals surface area contributed by atoms with Gasteiger partial charge in [-0.25, -0.2) is 4.79 Å². The Morgan fingerprint density at radius 2 is 2.22 bits per heavy atom. The Hall–Kier alpha value is -2.39. The van der Waals surface area contributed by atoms with E-state index >= 15 is 0 Å². The van der Waals surface area contributed by atoms with Crippen LogP contribution in [0.5, 0.6) is 0 Å². The first kappa shape index (κ1) is 19.4. The van der Waals surface area contributed by atoms with E-state index in [2.05, 4.69) is 15.5 Å². The number of imide groups is 1. The first-order chi connectivity index (χ1) is 13.0. The van der Waals surface area contributed by atoms with Gasteiger partial charge < -0.3 is 10.1 Å². The number of hydrogen-bond donors (Lipinski definition) is 1. The van der Waals surface area contributed by atoms with Gasteiger partial charge in [-0.15, -0.1) is 10.2 Å². The predicted molar refractivity (Wildman–Crippen MR) is 103 cm³/mol. The van der Waals surface area contributed by atoms with Crippen LogP contribution in [0.2, 0.25) is 0 Å². The van der Waals surface area contributed by atoms with Gasteiger partial charge >= 0.3 is 6.03 Å². The van der Waals surface area contributed by atoms with E-state index in [0.717, 1.165) is 17.0 Å². The number of benzene rings is 1. The van der Waals surface area contributed by atoms with Crippen molar-refractivity contribution in [1.82, 2.24) is 25.0 Å². The SMILES string of the molecule is COCCn1c(S[C@H](C)C(=O)N2CCNC2=O)nnc1-c1cccc(C)c1. The van der Waals surface area contributed by atoms with Crippen LogP contribution in [0.3, 0.4) is 0 Å². The zero-order chi connectivity index (χ0) is 19.4. The fourth-order valence-corrected chi connectivity index (χ4v) is 3.80. The predicted octanol–water partition coefficient (Wildman–Crippen LogP) is 1.93. The van der Waals surface area contributed by atoms with Crippen LogP contribution in [0.25, 0.3) is 11.4 Å².